The van der Waals surface area contributed by atoms with E-state index < -0.39 is 10.0 Å². The average Bonchev–Trinajstić information content (AvgIpc) is 3.33. The fourth-order valence-corrected chi connectivity index (χ4v) is 9.49. The average molecular weight is 491 g/mol. The highest BCUT2D eigenvalue weighted by Crippen LogP contribution is 2.69. The van der Waals surface area contributed by atoms with E-state index in [2.05, 4.69) is 53.0 Å². The van der Waals surface area contributed by atoms with Crippen LogP contribution in [0, 0.1) is 11.3 Å². The maximum absolute atomic E-state index is 12.0. The summed E-state index contributed by atoms with van der Waals surface area (Å²) in [6.45, 7) is 2.49. The van der Waals surface area contributed by atoms with Crippen LogP contribution >= 0.6 is 0 Å². The Hall–Kier alpha value is -2.02. The quantitative estimate of drug-likeness (QED) is 0.626. The zero-order valence-corrected chi connectivity index (χ0v) is 21.4. The minimum absolute atomic E-state index is 0.0414. The van der Waals surface area contributed by atoms with E-state index >= 15 is 0 Å². The van der Waals surface area contributed by atoms with Gasteiger partial charge in [-0.2, -0.15) is 0 Å². The number of allylic oxidation sites excluding steroid dienone is 1. The van der Waals surface area contributed by atoms with Crippen LogP contribution in [0.5, 0.6) is 0 Å². The van der Waals surface area contributed by atoms with Gasteiger partial charge >= 0.3 is 0 Å². The van der Waals surface area contributed by atoms with Gasteiger partial charge in [0.15, 0.2) is 0 Å². The van der Waals surface area contributed by atoms with Gasteiger partial charge in [-0.1, -0.05) is 31.2 Å². The highest BCUT2D eigenvalue weighted by molar-refractivity contribution is 7.88. The molecule has 7 rings (SSSR count). The van der Waals surface area contributed by atoms with Gasteiger partial charge in [0.2, 0.25) is 10.0 Å². The molecule has 0 radical (unpaired) electrons. The molecule has 3 heterocycles. The second kappa shape index (κ2) is 7.27. The number of ether oxygens (including phenoxy) is 1. The second-order valence-electron chi connectivity index (χ2n) is 12.0. The highest BCUT2D eigenvalue weighted by Gasteiger charge is 2.66. The van der Waals surface area contributed by atoms with Crippen LogP contribution in [-0.4, -0.2) is 36.9 Å². The molecule has 5 aliphatic rings. The molecule has 1 saturated heterocycles. The van der Waals surface area contributed by atoms with Crippen LogP contribution in [0.4, 0.5) is 0 Å². The minimum Gasteiger partial charge on any atom is -0.359 e. The van der Waals surface area contributed by atoms with Crippen LogP contribution in [0.2, 0.25) is 0 Å². The summed E-state index contributed by atoms with van der Waals surface area (Å²) < 4.78 is 34.1. The van der Waals surface area contributed by atoms with E-state index in [0.29, 0.717) is 11.8 Å². The second-order valence-corrected chi connectivity index (χ2v) is 13.8. The summed E-state index contributed by atoms with van der Waals surface area (Å²) in [5.41, 5.74) is 3.85. The molecule has 2 aliphatic heterocycles. The molecule has 2 saturated carbocycles. The van der Waals surface area contributed by atoms with Crippen LogP contribution in [-0.2, 0) is 14.8 Å². The number of pyridine rings is 1. The molecule has 0 amide bonds. The molecule has 3 fully saturated rings. The predicted octanol–water partition coefficient (Wildman–Crippen LogP) is 5.39. The van der Waals surface area contributed by atoms with Crippen LogP contribution in [0.3, 0.4) is 0 Å². The Balaban J connectivity index is 1.24. The molecule has 5 nitrogen and oxygen atoms in total. The Kier molecular flexibility index (Phi) is 4.61. The fourth-order valence-electron chi connectivity index (χ4n) is 8.68. The Bertz CT molecular complexity index is 1400. The summed E-state index contributed by atoms with van der Waals surface area (Å²) in [6.07, 6.45) is 18.1. The number of benzene rings is 1. The van der Waals surface area contributed by atoms with Gasteiger partial charge < -0.3 is 4.74 Å². The van der Waals surface area contributed by atoms with Crippen molar-refractivity contribution in [2.75, 3.05) is 6.26 Å². The minimum atomic E-state index is -3.23. The summed E-state index contributed by atoms with van der Waals surface area (Å²) in [5.74, 6) is 0.978. The molecule has 6 atom stereocenters. The van der Waals surface area contributed by atoms with E-state index in [4.69, 9.17) is 4.74 Å². The lowest BCUT2D eigenvalue weighted by Crippen LogP contribution is -2.55. The Morgan fingerprint density at radius 3 is 2.86 bits per heavy atom. The van der Waals surface area contributed by atoms with Gasteiger partial charge in [-0.3, -0.25) is 4.98 Å². The van der Waals surface area contributed by atoms with Gasteiger partial charge in [0.25, 0.3) is 0 Å². The molecule has 2 aromatic rings. The summed E-state index contributed by atoms with van der Waals surface area (Å²) >= 11 is 0. The number of aromatic nitrogens is 1. The lowest BCUT2D eigenvalue weighted by atomic mass is 9.58. The van der Waals surface area contributed by atoms with Crippen LogP contribution < -0.4 is 4.72 Å². The zero-order valence-electron chi connectivity index (χ0n) is 20.6. The fraction of sp³-hybridized carbons (Fsp3) is 0.552. The Morgan fingerprint density at radius 1 is 1.11 bits per heavy atom. The summed E-state index contributed by atoms with van der Waals surface area (Å²) in [4.78, 5) is 4.35. The smallest absolute Gasteiger partial charge is 0.208 e. The van der Waals surface area contributed by atoms with Crippen molar-refractivity contribution in [3.8, 4) is 0 Å². The van der Waals surface area contributed by atoms with Crippen molar-refractivity contribution >= 4 is 20.8 Å². The first-order chi connectivity index (χ1) is 16.7. The zero-order chi connectivity index (χ0) is 24.1. The Labute approximate surface area is 208 Å². The first-order valence-electron chi connectivity index (χ1n) is 13.1. The topological polar surface area (TPSA) is 68.3 Å². The summed E-state index contributed by atoms with van der Waals surface area (Å²) in [5, 5.41) is 2.46. The van der Waals surface area contributed by atoms with Crippen molar-refractivity contribution in [2.45, 2.75) is 81.5 Å². The number of hydrogen-bond donors (Lipinski definition) is 1. The molecule has 6 heteroatoms. The number of fused-ring (bicyclic) bond motifs is 2. The molecule has 2 spiro atoms. The summed E-state index contributed by atoms with van der Waals surface area (Å²) in [6, 6.07) is 8.98. The maximum Gasteiger partial charge on any atom is 0.208 e. The van der Waals surface area contributed by atoms with Crippen LogP contribution in [0.1, 0.15) is 69.8 Å². The van der Waals surface area contributed by atoms with Crippen molar-refractivity contribution in [1.82, 2.24) is 9.71 Å². The molecule has 2 bridgehead atoms. The van der Waals surface area contributed by atoms with Gasteiger partial charge in [0.05, 0.1) is 17.5 Å². The molecule has 1 aromatic carbocycles. The van der Waals surface area contributed by atoms with Crippen molar-refractivity contribution in [3.63, 3.8) is 0 Å². The lowest BCUT2D eigenvalue weighted by Gasteiger charge is -2.54. The van der Waals surface area contributed by atoms with Crippen molar-refractivity contribution < 1.29 is 13.2 Å². The third kappa shape index (κ3) is 3.19. The summed E-state index contributed by atoms with van der Waals surface area (Å²) in [7, 11) is -3.23. The van der Waals surface area contributed by atoms with E-state index in [0.717, 1.165) is 38.5 Å². The van der Waals surface area contributed by atoms with Gasteiger partial charge in [0.1, 0.15) is 0 Å². The van der Waals surface area contributed by atoms with Crippen LogP contribution in [0.15, 0.2) is 60.0 Å². The van der Waals surface area contributed by atoms with Gasteiger partial charge in [-0.15, -0.1) is 0 Å². The highest BCUT2D eigenvalue weighted by atomic mass is 32.2. The molecule has 35 heavy (non-hydrogen) atoms. The molecule has 3 aliphatic carbocycles. The first kappa shape index (κ1) is 22.2. The molecular weight excluding hydrogens is 456 g/mol. The van der Waals surface area contributed by atoms with E-state index in [-0.39, 0.29) is 22.7 Å². The van der Waals surface area contributed by atoms with E-state index in [1.165, 1.54) is 46.6 Å². The van der Waals surface area contributed by atoms with E-state index in [9.17, 15) is 8.42 Å². The SMILES string of the molecule is C[C@]12CC=C3C=C4CC[C@@H](NS(C)(=O)=O)C[C@]45CC[C@]3(O5)[C@@H]1CC[C@@H]2c1ccc2ccncc2c1. The van der Waals surface area contributed by atoms with E-state index in [1.807, 2.05) is 12.4 Å². The van der Waals surface area contributed by atoms with E-state index in [1.54, 1.807) is 0 Å². The van der Waals surface area contributed by atoms with Crippen molar-refractivity contribution in [1.29, 1.82) is 0 Å². The standard InChI is InChI=1S/C29H34N2O3S/c1-27-11-9-23-16-22-5-6-24(31-35(2,32)33)17-28(22)12-13-29(23,34-28)26(27)8-7-25(27)20-4-3-19-10-14-30-18-21(19)15-20/h3-4,9-10,14-16,18,24-26,31H,5-8,11-13,17H2,1-2H3/t24-,25-,26-,27-,28-,29-/m1/s1. The number of sulfonamides is 1. The maximum atomic E-state index is 12.0. The predicted molar refractivity (Wildman–Crippen MR) is 137 cm³/mol. The van der Waals surface area contributed by atoms with Gasteiger partial charge in [-0.05, 0) is 103 Å². The molecule has 1 N–H and O–H groups in total. The first-order valence-corrected chi connectivity index (χ1v) is 15.0. The number of rotatable bonds is 3. The molecule has 184 valence electrons. The number of hydrogen-bond acceptors (Lipinski definition) is 4. The third-order valence-corrected chi connectivity index (χ3v) is 10.9. The third-order valence-electron chi connectivity index (χ3n) is 10.1. The van der Waals surface area contributed by atoms with Crippen molar-refractivity contribution in [2.24, 2.45) is 11.3 Å². The largest absolute Gasteiger partial charge is 0.359 e. The van der Waals surface area contributed by atoms with Crippen LogP contribution in [0.25, 0.3) is 10.8 Å². The molecular formula is C29H34N2O3S. The number of nitrogens with one attached hydrogen (secondary N) is 1. The molecule has 1 aromatic heterocycles. The normalized spacial score (nSPS) is 40.0. The van der Waals surface area contributed by atoms with Gasteiger partial charge in [-0.25, -0.2) is 13.1 Å². The monoisotopic (exact) mass is 490 g/mol. The number of nitrogens with zero attached hydrogens (tertiary/aromatic N) is 1. The van der Waals surface area contributed by atoms with Crippen molar-refractivity contribution in [3.05, 3.63) is 65.5 Å². The van der Waals surface area contributed by atoms with Gasteiger partial charge in [0, 0.05) is 23.8 Å². The molecule has 0 unspecified atom stereocenters. The lowest BCUT2D eigenvalue weighted by molar-refractivity contribution is -0.135. The Morgan fingerprint density at radius 2 is 2.00 bits per heavy atom.